The van der Waals surface area contributed by atoms with Gasteiger partial charge in [-0.25, -0.2) is 0 Å². The number of hydrogen-bond donors (Lipinski definition) is 2. The molecule has 0 spiro atoms. The highest BCUT2D eigenvalue weighted by atomic mass is 16.5. The maximum atomic E-state index is 11.8. The third-order valence-corrected chi connectivity index (χ3v) is 2.22. The largest absolute Gasteiger partial charge is 0.350 e. The van der Waals surface area contributed by atoms with Gasteiger partial charge in [-0.15, -0.1) is 0 Å². The summed E-state index contributed by atoms with van der Waals surface area (Å²) in [6, 6.07) is 9.53. The van der Waals surface area contributed by atoms with Gasteiger partial charge in [0.2, 0.25) is 12.1 Å². The zero-order valence-corrected chi connectivity index (χ0v) is 10.6. The lowest BCUT2D eigenvalue weighted by molar-refractivity contribution is -0.140. The quantitative estimate of drug-likeness (QED) is 0.734. The standard InChI is InChI=1S/C13H18N2O3/c1-3-18-13(15-10(2)16)12(17)14-9-11-7-5-4-6-8-11/h4-8,13H,3,9H2,1-2H3,(H,14,17)(H,15,16)/t13-/m1/s1. The van der Waals surface area contributed by atoms with Gasteiger partial charge in [0.1, 0.15) is 0 Å². The molecule has 0 aromatic heterocycles. The van der Waals surface area contributed by atoms with E-state index in [-0.39, 0.29) is 11.8 Å². The second-order valence-corrected chi connectivity index (χ2v) is 3.74. The van der Waals surface area contributed by atoms with E-state index in [1.165, 1.54) is 6.92 Å². The highest BCUT2D eigenvalue weighted by molar-refractivity contribution is 5.85. The number of carbonyl (C=O) groups is 2. The van der Waals surface area contributed by atoms with E-state index in [2.05, 4.69) is 10.6 Å². The molecule has 0 aliphatic carbocycles. The number of rotatable bonds is 6. The van der Waals surface area contributed by atoms with E-state index in [1.807, 2.05) is 30.3 Å². The SMILES string of the molecule is CCO[C@@H](NC(C)=O)C(=O)NCc1ccccc1. The summed E-state index contributed by atoms with van der Waals surface area (Å²) in [5.74, 6) is -0.654. The Balaban J connectivity index is 2.48. The Bertz CT molecular complexity index is 392. The summed E-state index contributed by atoms with van der Waals surface area (Å²) in [5.41, 5.74) is 0.990. The van der Waals surface area contributed by atoms with Gasteiger partial charge in [-0.2, -0.15) is 0 Å². The first-order valence-corrected chi connectivity index (χ1v) is 5.83. The molecule has 0 bridgehead atoms. The van der Waals surface area contributed by atoms with Gasteiger partial charge in [0.05, 0.1) is 0 Å². The van der Waals surface area contributed by atoms with Gasteiger partial charge in [0.15, 0.2) is 0 Å². The Morgan fingerprint density at radius 2 is 1.94 bits per heavy atom. The van der Waals surface area contributed by atoms with Crippen LogP contribution in [-0.2, 0) is 20.9 Å². The summed E-state index contributed by atoms with van der Waals surface area (Å²) >= 11 is 0. The van der Waals surface area contributed by atoms with Gasteiger partial charge >= 0.3 is 0 Å². The molecule has 0 saturated heterocycles. The van der Waals surface area contributed by atoms with E-state index in [1.54, 1.807) is 6.92 Å². The normalized spacial score (nSPS) is 11.7. The van der Waals surface area contributed by atoms with Crippen LogP contribution in [0.15, 0.2) is 30.3 Å². The first-order chi connectivity index (χ1) is 8.63. The van der Waals surface area contributed by atoms with Crippen molar-refractivity contribution in [3.63, 3.8) is 0 Å². The number of carbonyl (C=O) groups excluding carboxylic acids is 2. The van der Waals surface area contributed by atoms with Crippen LogP contribution in [0.25, 0.3) is 0 Å². The van der Waals surface area contributed by atoms with E-state index in [9.17, 15) is 9.59 Å². The van der Waals surface area contributed by atoms with Crippen molar-refractivity contribution < 1.29 is 14.3 Å². The van der Waals surface area contributed by atoms with Crippen LogP contribution in [0.5, 0.6) is 0 Å². The maximum Gasteiger partial charge on any atom is 0.270 e. The summed E-state index contributed by atoms with van der Waals surface area (Å²) in [6.45, 7) is 3.86. The molecule has 5 nitrogen and oxygen atoms in total. The first kappa shape index (κ1) is 14.2. The zero-order chi connectivity index (χ0) is 13.4. The van der Waals surface area contributed by atoms with Crippen molar-refractivity contribution in [2.75, 3.05) is 6.61 Å². The Kier molecular flexibility index (Phi) is 5.87. The Morgan fingerprint density at radius 1 is 1.28 bits per heavy atom. The fourth-order valence-corrected chi connectivity index (χ4v) is 1.41. The van der Waals surface area contributed by atoms with Gasteiger partial charge in [-0.1, -0.05) is 30.3 Å². The third kappa shape index (κ3) is 4.97. The van der Waals surface area contributed by atoms with Crippen molar-refractivity contribution in [3.8, 4) is 0 Å². The highest BCUT2D eigenvalue weighted by Gasteiger charge is 2.18. The molecule has 0 aliphatic rings. The summed E-state index contributed by atoms with van der Waals surface area (Å²) in [7, 11) is 0. The number of benzene rings is 1. The fourth-order valence-electron chi connectivity index (χ4n) is 1.41. The van der Waals surface area contributed by atoms with Crippen LogP contribution in [0.3, 0.4) is 0 Å². The average Bonchev–Trinajstić information content (AvgIpc) is 2.36. The summed E-state index contributed by atoms with van der Waals surface area (Å²) in [5, 5.41) is 5.15. The molecule has 0 fully saturated rings. The first-order valence-electron chi connectivity index (χ1n) is 5.83. The number of amides is 2. The Morgan fingerprint density at radius 3 is 2.50 bits per heavy atom. The third-order valence-electron chi connectivity index (χ3n) is 2.22. The van der Waals surface area contributed by atoms with Crippen molar-refractivity contribution in [2.45, 2.75) is 26.6 Å². The molecule has 1 aromatic carbocycles. The summed E-state index contributed by atoms with van der Waals surface area (Å²) in [4.78, 5) is 22.7. The minimum atomic E-state index is -0.934. The van der Waals surface area contributed by atoms with Crippen molar-refractivity contribution in [1.82, 2.24) is 10.6 Å². The summed E-state index contributed by atoms with van der Waals surface area (Å²) < 4.78 is 5.16. The van der Waals surface area contributed by atoms with Crippen LogP contribution in [0.1, 0.15) is 19.4 Å². The van der Waals surface area contributed by atoms with E-state index in [0.717, 1.165) is 5.56 Å². The molecule has 18 heavy (non-hydrogen) atoms. The van der Waals surface area contributed by atoms with Crippen molar-refractivity contribution in [2.24, 2.45) is 0 Å². The van der Waals surface area contributed by atoms with Gasteiger partial charge < -0.3 is 15.4 Å². The molecule has 0 heterocycles. The van der Waals surface area contributed by atoms with Crippen molar-refractivity contribution >= 4 is 11.8 Å². The molecule has 1 atom stereocenters. The molecule has 1 aromatic rings. The lowest BCUT2D eigenvalue weighted by Gasteiger charge is -2.17. The molecular formula is C13H18N2O3. The maximum absolute atomic E-state index is 11.8. The van der Waals surface area contributed by atoms with E-state index >= 15 is 0 Å². The average molecular weight is 250 g/mol. The second-order valence-electron chi connectivity index (χ2n) is 3.74. The molecule has 0 radical (unpaired) electrons. The minimum absolute atomic E-state index is 0.302. The predicted molar refractivity (Wildman–Crippen MR) is 67.5 cm³/mol. The molecule has 0 unspecified atom stereocenters. The van der Waals surface area contributed by atoms with E-state index < -0.39 is 6.23 Å². The van der Waals surface area contributed by atoms with Gasteiger partial charge in [-0.3, -0.25) is 9.59 Å². The van der Waals surface area contributed by atoms with Crippen LogP contribution in [-0.4, -0.2) is 24.6 Å². The Hall–Kier alpha value is -1.88. The van der Waals surface area contributed by atoms with Crippen LogP contribution < -0.4 is 10.6 Å². The number of hydrogen-bond acceptors (Lipinski definition) is 3. The molecule has 2 amide bonds. The topological polar surface area (TPSA) is 67.4 Å². The molecule has 1 rings (SSSR count). The zero-order valence-electron chi connectivity index (χ0n) is 10.6. The molecule has 98 valence electrons. The number of ether oxygens (including phenoxy) is 1. The number of nitrogens with one attached hydrogen (secondary N) is 2. The summed E-state index contributed by atoms with van der Waals surface area (Å²) in [6.07, 6.45) is -0.934. The molecule has 2 N–H and O–H groups in total. The second kappa shape index (κ2) is 7.45. The van der Waals surface area contributed by atoms with Gasteiger partial charge in [0, 0.05) is 20.1 Å². The smallest absolute Gasteiger partial charge is 0.270 e. The molecule has 5 heteroatoms. The van der Waals surface area contributed by atoms with Crippen molar-refractivity contribution in [1.29, 1.82) is 0 Å². The highest BCUT2D eigenvalue weighted by Crippen LogP contribution is 1.98. The molecule has 0 aliphatic heterocycles. The van der Waals surface area contributed by atoms with Crippen LogP contribution >= 0.6 is 0 Å². The minimum Gasteiger partial charge on any atom is -0.350 e. The molecule has 0 saturated carbocycles. The van der Waals surface area contributed by atoms with Crippen LogP contribution in [0.2, 0.25) is 0 Å². The van der Waals surface area contributed by atoms with E-state index in [0.29, 0.717) is 13.2 Å². The lowest BCUT2D eigenvalue weighted by Crippen LogP contribution is -2.47. The Labute approximate surface area is 107 Å². The van der Waals surface area contributed by atoms with Crippen LogP contribution in [0, 0.1) is 0 Å². The van der Waals surface area contributed by atoms with Gasteiger partial charge in [-0.05, 0) is 12.5 Å². The van der Waals surface area contributed by atoms with Gasteiger partial charge in [0.25, 0.3) is 5.91 Å². The predicted octanol–water partition coefficient (Wildman–Crippen LogP) is 0.801. The fraction of sp³-hybridized carbons (Fsp3) is 0.385. The van der Waals surface area contributed by atoms with E-state index in [4.69, 9.17) is 4.74 Å². The van der Waals surface area contributed by atoms with Crippen molar-refractivity contribution in [3.05, 3.63) is 35.9 Å². The molecular weight excluding hydrogens is 232 g/mol. The monoisotopic (exact) mass is 250 g/mol. The lowest BCUT2D eigenvalue weighted by atomic mass is 10.2. The van der Waals surface area contributed by atoms with Crippen LogP contribution in [0.4, 0.5) is 0 Å².